The fourth-order valence-corrected chi connectivity index (χ4v) is 4.08. The summed E-state index contributed by atoms with van der Waals surface area (Å²) >= 11 is 0. The maximum absolute atomic E-state index is 13.0. The minimum absolute atomic E-state index is 0.115. The number of hydrogen-bond donors (Lipinski definition) is 2. The zero-order valence-corrected chi connectivity index (χ0v) is 22.2. The van der Waals surface area contributed by atoms with Gasteiger partial charge in [-0.25, -0.2) is 9.78 Å². The van der Waals surface area contributed by atoms with Crippen molar-refractivity contribution in [1.82, 2.24) is 34.2 Å². The number of amides is 1. The Balaban J connectivity index is 1.55. The summed E-state index contributed by atoms with van der Waals surface area (Å²) in [7, 11) is 0. The molecular formula is C28H33N7O3. The van der Waals surface area contributed by atoms with Gasteiger partial charge in [-0.2, -0.15) is 5.10 Å². The molecule has 198 valence electrons. The van der Waals surface area contributed by atoms with Gasteiger partial charge in [-0.1, -0.05) is 45.6 Å². The molecule has 0 radical (unpaired) electrons. The third-order valence-electron chi connectivity index (χ3n) is 5.93. The molecule has 3 aromatic heterocycles. The summed E-state index contributed by atoms with van der Waals surface area (Å²) < 4.78 is 4.49. The van der Waals surface area contributed by atoms with Gasteiger partial charge in [0.05, 0.1) is 11.8 Å². The second-order valence-corrected chi connectivity index (χ2v) is 9.59. The van der Waals surface area contributed by atoms with Gasteiger partial charge in [0.15, 0.2) is 5.65 Å². The molecule has 0 bridgehead atoms. The fraction of sp³-hybridized carbons (Fsp3) is 0.393. The number of aromatic nitrogens is 6. The fourth-order valence-electron chi connectivity index (χ4n) is 4.08. The molecule has 0 aliphatic carbocycles. The number of H-pyrrole nitrogens is 1. The van der Waals surface area contributed by atoms with E-state index >= 15 is 0 Å². The van der Waals surface area contributed by atoms with E-state index in [1.165, 1.54) is 4.57 Å². The van der Waals surface area contributed by atoms with Crippen molar-refractivity contribution < 1.29 is 4.79 Å². The van der Waals surface area contributed by atoms with Crippen molar-refractivity contribution in [2.24, 2.45) is 5.92 Å². The molecule has 0 spiro atoms. The number of aryl methyl sites for hydroxylation is 1. The zero-order chi connectivity index (χ0) is 27.2. The van der Waals surface area contributed by atoms with Crippen LogP contribution in [0.4, 0.5) is 0 Å². The number of imidazole rings is 1. The van der Waals surface area contributed by atoms with Crippen LogP contribution in [-0.2, 0) is 19.6 Å². The van der Waals surface area contributed by atoms with Crippen molar-refractivity contribution in [1.29, 1.82) is 0 Å². The van der Waals surface area contributed by atoms with Crippen LogP contribution in [0.25, 0.3) is 22.6 Å². The first-order valence-electron chi connectivity index (χ1n) is 13.0. The lowest BCUT2D eigenvalue weighted by Gasteiger charge is -2.09. The predicted molar refractivity (Wildman–Crippen MR) is 147 cm³/mol. The highest BCUT2D eigenvalue weighted by Gasteiger charge is 2.18. The highest BCUT2D eigenvalue weighted by atomic mass is 16.2. The highest BCUT2D eigenvalue weighted by Crippen LogP contribution is 2.18. The number of nitrogens with zero attached hydrogens (tertiary/aromatic N) is 5. The lowest BCUT2D eigenvalue weighted by Crippen LogP contribution is -2.40. The Morgan fingerprint density at radius 3 is 2.63 bits per heavy atom. The quantitative estimate of drug-likeness (QED) is 0.332. The largest absolute Gasteiger partial charge is 0.352 e. The first kappa shape index (κ1) is 26.7. The molecule has 10 nitrogen and oxygen atoms in total. The second kappa shape index (κ2) is 11.8. The zero-order valence-electron chi connectivity index (χ0n) is 22.2. The molecule has 1 amide bonds. The maximum Gasteiger partial charge on any atom is 0.332 e. The van der Waals surface area contributed by atoms with E-state index in [0.29, 0.717) is 66.6 Å². The van der Waals surface area contributed by atoms with Crippen LogP contribution in [0.2, 0.25) is 0 Å². The Hall–Kier alpha value is -4.39. The standard InChI is InChI=1S/C28H33N7O3/c1-5-12-34-25-23(27(37)35(13-6-2)28(34)38)31-24(32-25)22-17-30-33(18-22)14-8-10-20-9-7-11-21(15-20)26(36)29-16-19(3)4/h7,9,11,15,17-19H,5-6,12-14,16H2,1-4H3,(H,29,36)(H,31,32). The molecule has 0 saturated heterocycles. The predicted octanol–water partition coefficient (Wildman–Crippen LogP) is 3.01. The van der Waals surface area contributed by atoms with Gasteiger partial charge in [0.2, 0.25) is 0 Å². The normalized spacial score (nSPS) is 11.1. The van der Waals surface area contributed by atoms with Crippen LogP contribution in [0.15, 0.2) is 46.2 Å². The number of rotatable bonds is 9. The number of nitrogens with one attached hydrogen (secondary N) is 2. The van der Waals surface area contributed by atoms with Gasteiger partial charge < -0.3 is 10.3 Å². The summed E-state index contributed by atoms with van der Waals surface area (Å²) in [6.07, 6.45) is 4.85. The molecule has 10 heteroatoms. The van der Waals surface area contributed by atoms with Crippen LogP contribution < -0.4 is 16.6 Å². The molecule has 4 aromatic rings. The van der Waals surface area contributed by atoms with E-state index in [0.717, 1.165) is 12.0 Å². The van der Waals surface area contributed by atoms with E-state index in [2.05, 4.69) is 32.2 Å². The number of fused-ring (bicyclic) bond motifs is 1. The Morgan fingerprint density at radius 1 is 1.13 bits per heavy atom. The molecule has 0 saturated carbocycles. The van der Waals surface area contributed by atoms with Gasteiger partial charge in [0.25, 0.3) is 11.5 Å². The van der Waals surface area contributed by atoms with Crippen molar-refractivity contribution in [2.45, 2.75) is 60.2 Å². The summed E-state index contributed by atoms with van der Waals surface area (Å²) in [4.78, 5) is 45.9. The summed E-state index contributed by atoms with van der Waals surface area (Å²) in [6, 6.07) is 7.21. The van der Waals surface area contributed by atoms with Crippen molar-refractivity contribution in [2.75, 3.05) is 6.54 Å². The molecule has 0 fully saturated rings. The summed E-state index contributed by atoms with van der Waals surface area (Å²) in [5.74, 6) is 6.89. The van der Waals surface area contributed by atoms with Crippen molar-refractivity contribution in [3.8, 4) is 23.2 Å². The first-order chi connectivity index (χ1) is 18.3. The van der Waals surface area contributed by atoms with Crippen LogP contribution in [0.3, 0.4) is 0 Å². The smallest absolute Gasteiger partial charge is 0.332 e. The van der Waals surface area contributed by atoms with E-state index in [1.54, 1.807) is 33.8 Å². The van der Waals surface area contributed by atoms with E-state index in [9.17, 15) is 14.4 Å². The van der Waals surface area contributed by atoms with Gasteiger partial charge >= 0.3 is 5.69 Å². The summed E-state index contributed by atoms with van der Waals surface area (Å²) in [5, 5.41) is 7.28. The first-order valence-corrected chi connectivity index (χ1v) is 13.0. The molecule has 4 rings (SSSR count). The molecule has 1 aromatic carbocycles. The van der Waals surface area contributed by atoms with Crippen LogP contribution in [0.1, 0.15) is 56.5 Å². The molecule has 2 N–H and O–H groups in total. The van der Waals surface area contributed by atoms with E-state index in [4.69, 9.17) is 0 Å². The van der Waals surface area contributed by atoms with E-state index in [1.807, 2.05) is 39.8 Å². The van der Waals surface area contributed by atoms with Gasteiger partial charge in [-0.3, -0.25) is 23.4 Å². The number of carbonyl (C=O) groups is 1. The minimum Gasteiger partial charge on any atom is -0.352 e. The third kappa shape index (κ3) is 5.78. The number of carbonyl (C=O) groups excluding carboxylic acids is 1. The molecule has 3 heterocycles. The summed E-state index contributed by atoms with van der Waals surface area (Å²) in [6.45, 7) is 9.77. The third-order valence-corrected chi connectivity index (χ3v) is 5.93. The lowest BCUT2D eigenvalue weighted by molar-refractivity contribution is 0.0949. The van der Waals surface area contributed by atoms with Crippen LogP contribution in [-0.4, -0.2) is 41.3 Å². The Kier molecular flexibility index (Phi) is 8.26. The van der Waals surface area contributed by atoms with Crippen LogP contribution in [0, 0.1) is 17.8 Å². The summed E-state index contributed by atoms with van der Waals surface area (Å²) in [5.41, 5.74) is 1.96. The minimum atomic E-state index is -0.365. The van der Waals surface area contributed by atoms with Crippen LogP contribution in [0.5, 0.6) is 0 Å². The average Bonchev–Trinajstić information content (AvgIpc) is 3.55. The highest BCUT2D eigenvalue weighted by molar-refractivity contribution is 5.94. The van der Waals surface area contributed by atoms with E-state index < -0.39 is 0 Å². The molecule has 0 unspecified atom stereocenters. The van der Waals surface area contributed by atoms with Gasteiger partial charge in [-0.05, 0) is 37.0 Å². The Labute approximate surface area is 220 Å². The Morgan fingerprint density at radius 2 is 1.89 bits per heavy atom. The maximum atomic E-state index is 13.0. The van der Waals surface area contributed by atoms with Crippen LogP contribution >= 0.6 is 0 Å². The van der Waals surface area contributed by atoms with Crippen molar-refractivity contribution >= 4 is 17.1 Å². The molecule has 0 aliphatic heterocycles. The number of benzene rings is 1. The lowest BCUT2D eigenvalue weighted by atomic mass is 10.1. The monoisotopic (exact) mass is 515 g/mol. The molecule has 0 atom stereocenters. The second-order valence-electron chi connectivity index (χ2n) is 9.59. The average molecular weight is 516 g/mol. The molecule has 0 aliphatic rings. The molecular weight excluding hydrogens is 482 g/mol. The number of hydrogen-bond acceptors (Lipinski definition) is 5. The van der Waals surface area contributed by atoms with Gasteiger partial charge in [-0.15, -0.1) is 0 Å². The van der Waals surface area contributed by atoms with Gasteiger partial charge in [0, 0.05) is 37.0 Å². The Bertz CT molecular complexity index is 1630. The van der Waals surface area contributed by atoms with Crippen molar-refractivity contribution in [3.63, 3.8) is 0 Å². The molecule has 38 heavy (non-hydrogen) atoms. The van der Waals surface area contributed by atoms with Crippen molar-refractivity contribution in [3.05, 3.63) is 68.6 Å². The van der Waals surface area contributed by atoms with Gasteiger partial charge in [0.1, 0.15) is 17.9 Å². The number of aromatic amines is 1. The SMILES string of the molecule is CCCn1c(=O)c2[nH]c(-c3cnn(CC#Cc4cccc(C(=O)NCC(C)C)c4)c3)nc2n(CCC)c1=O. The topological polar surface area (TPSA) is 120 Å². The van der Waals surface area contributed by atoms with E-state index in [-0.39, 0.29) is 17.2 Å².